The summed E-state index contributed by atoms with van der Waals surface area (Å²) in [6, 6.07) is 7.27. The molecule has 100 valence electrons. The summed E-state index contributed by atoms with van der Waals surface area (Å²) in [5.41, 5.74) is 1.36. The number of carbonyl (C=O) groups is 1. The number of carbonyl (C=O) groups excluding carboxylic acids is 1. The van der Waals surface area contributed by atoms with Crippen LogP contribution in [0.3, 0.4) is 0 Å². The normalized spacial score (nSPS) is 11.9. The molecule has 0 spiro atoms. The Hall–Kier alpha value is -1.59. The zero-order valence-electron chi connectivity index (χ0n) is 10.8. The van der Waals surface area contributed by atoms with E-state index in [9.17, 15) is 9.90 Å². The van der Waals surface area contributed by atoms with Gasteiger partial charge < -0.3 is 20.5 Å². The first-order valence-electron chi connectivity index (χ1n) is 5.97. The lowest BCUT2D eigenvalue weighted by atomic mass is 10.1. The second-order valence-electron chi connectivity index (χ2n) is 3.90. The fourth-order valence-corrected chi connectivity index (χ4v) is 1.58. The summed E-state index contributed by atoms with van der Waals surface area (Å²) in [5, 5.41) is 15.3. The molecule has 0 radical (unpaired) electrons. The number of para-hydroxylation sites is 1. The molecule has 0 aliphatic rings. The van der Waals surface area contributed by atoms with Gasteiger partial charge in [0.15, 0.2) is 0 Å². The molecule has 0 heterocycles. The highest BCUT2D eigenvalue weighted by molar-refractivity contribution is 5.99. The SMILES string of the molecule is CCNc1ccccc1C(=O)NCC(O)COC. The van der Waals surface area contributed by atoms with Crippen LogP contribution in [-0.4, -0.2) is 43.9 Å². The van der Waals surface area contributed by atoms with Gasteiger partial charge in [-0.1, -0.05) is 12.1 Å². The van der Waals surface area contributed by atoms with E-state index in [-0.39, 0.29) is 19.1 Å². The first-order chi connectivity index (χ1) is 8.69. The van der Waals surface area contributed by atoms with Crippen LogP contribution in [-0.2, 0) is 4.74 Å². The van der Waals surface area contributed by atoms with Crippen molar-refractivity contribution >= 4 is 11.6 Å². The number of nitrogens with one attached hydrogen (secondary N) is 2. The summed E-state index contributed by atoms with van der Waals surface area (Å²) in [7, 11) is 1.51. The topological polar surface area (TPSA) is 70.6 Å². The van der Waals surface area contributed by atoms with Crippen LogP contribution < -0.4 is 10.6 Å². The molecule has 1 atom stereocenters. The molecule has 5 heteroatoms. The molecule has 0 aromatic heterocycles. The molecule has 0 aliphatic carbocycles. The van der Waals surface area contributed by atoms with Crippen molar-refractivity contribution in [3.63, 3.8) is 0 Å². The Morgan fingerprint density at radius 2 is 2.17 bits per heavy atom. The molecule has 0 bridgehead atoms. The van der Waals surface area contributed by atoms with E-state index in [1.807, 2.05) is 19.1 Å². The number of methoxy groups -OCH3 is 1. The Kier molecular flexibility index (Phi) is 6.18. The van der Waals surface area contributed by atoms with E-state index in [1.54, 1.807) is 12.1 Å². The molecule has 0 fully saturated rings. The average molecular weight is 252 g/mol. The summed E-state index contributed by atoms with van der Waals surface area (Å²) in [6.45, 7) is 3.09. The molecule has 0 aliphatic heterocycles. The number of hydrogen-bond acceptors (Lipinski definition) is 4. The number of aliphatic hydroxyl groups is 1. The fraction of sp³-hybridized carbons (Fsp3) is 0.462. The number of amides is 1. The third-order valence-electron chi connectivity index (χ3n) is 2.40. The van der Waals surface area contributed by atoms with E-state index < -0.39 is 6.10 Å². The predicted molar refractivity (Wildman–Crippen MR) is 70.8 cm³/mol. The maximum Gasteiger partial charge on any atom is 0.253 e. The van der Waals surface area contributed by atoms with Gasteiger partial charge in [0.2, 0.25) is 0 Å². The van der Waals surface area contributed by atoms with Crippen molar-refractivity contribution in [2.24, 2.45) is 0 Å². The molecule has 18 heavy (non-hydrogen) atoms. The Bertz CT molecular complexity index is 382. The Labute approximate surface area is 107 Å². The van der Waals surface area contributed by atoms with Gasteiger partial charge in [-0.2, -0.15) is 0 Å². The molecule has 1 aromatic rings. The predicted octanol–water partition coefficient (Wildman–Crippen LogP) is 0.855. The average Bonchev–Trinajstić information content (AvgIpc) is 2.37. The summed E-state index contributed by atoms with van der Waals surface area (Å²) in [5.74, 6) is -0.207. The van der Waals surface area contributed by atoms with Crippen molar-refractivity contribution < 1.29 is 14.6 Å². The van der Waals surface area contributed by atoms with E-state index in [0.29, 0.717) is 5.56 Å². The zero-order valence-corrected chi connectivity index (χ0v) is 10.8. The van der Waals surface area contributed by atoms with Gasteiger partial charge in [0.1, 0.15) is 0 Å². The van der Waals surface area contributed by atoms with Crippen LogP contribution in [0.4, 0.5) is 5.69 Å². The molecule has 0 saturated carbocycles. The van der Waals surface area contributed by atoms with Crippen LogP contribution in [0.15, 0.2) is 24.3 Å². The third-order valence-corrected chi connectivity index (χ3v) is 2.40. The highest BCUT2D eigenvalue weighted by Crippen LogP contribution is 2.14. The molecule has 0 saturated heterocycles. The lowest BCUT2D eigenvalue weighted by Gasteiger charge is -2.13. The van der Waals surface area contributed by atoms with E-state index >= 15 is 0 Å². The van der Waals surface area contributed by atoms with Gasteiger partial charge in [0, 0.05) is 25.9 Å². The minimum atomic E-state index is -0.690. The largest absolute Gasteiger partial charge is 0.389 e. The molecule has 1 unspecified atom stereocenters. The highest BCUT2D eigenvalue weighted by atomic mass is 16.5. The maximum atomic E-state index is 11.9. The number of rotatable bonds is 7. The van der Waals surface area contributed by atoms with Crippen molar-refractivity contribution in [1.29, 1.82) is 0 Å². The number of aliphatic hydroxyl groups excluding tert-OH is 1. The van der Waals surface area contributed by atoms with Gasteiger partial charge in [-0.15, -0.1) is 0 Å². The van der Waals surface area contributed by atoms with E-state index in [4.69, 9.17) is 4.74 Å². The van der Waals surface area contributed by atoms with Gasteiger partial charge in [-0.3, -0.25) is 4.79 Å². The number of anilines is 1. The lowest BCUT2D eigenvalue weighted by Crippen LogP contribution is -2.34. The zero-order chi connectivity index (χ0) is 13.4. The summed E-state index contributed by atoms with van der Waals surface area (Å²) >= 11 is 0. The Morgan fingerprint density at radius 1 is 1.44 bits per heavy atom. The van der Waals surface area contributed by atoms with Crippen molar-refractivity contribution in [3.05, 3.63) is 29.8 Å². The van der Waals surface area contributed by atoms with Gasteiger partial charge in [-0.05, 0) is 19.1 Å². The number of hydrogen-bond donors (Lipinski definition) is 3. The molecule has 1 rings (SSSR count). The lowest BCUT2D eigenvalue weighted by molar-refractivity contribution is 0.0610. The van der Waals surface area contributed by atoms with Crippen LogP contribution in [0.2, 0.25) is 0 Å². The van der Waals surface area contributed by atoms with Gasteiger partial charge in [0.05, 0.1) is 18.3 Å². The fourth-order valence-electron chi connectivity index (χ4n) is 1.58. The summed E-state index contributed by atoms with van der Waals surface area (Å²) in [6.07, 6.45) is -0.690. The molecule has 5 nitrogen and oxygen atoms in total. The Balaban J connectivity index is 2.60. The molecular weight excluding hydrogens is 232 g/mol. The first-order valence-corrected chi connectivity index (χ1v) is 5.97. The Morgan fingerprint density at radius 3 is 2.83 bits per heavy atom. The van der Waals surface area contributed by atoms with Crippen molar-refractivity contribution in [2.45, 2.75) is 13.0 Å². The standard InChI is InChI=1S/C13H20N2O3/c1-3-14-12-7-5-4-6-11(12)13(17)15-8-10(16)9-18-2/h4-7,10,14,16H,3,8-9H2,1-2H3,(H,15,17). The van der Waals surface area contributed by atoms with Gasteiger partial charge >= 0.3 is 0 Å². The molecular formula is C13H20N2O3. The van der Waals surface area contributed by atoms with Crippen LogP contribution in [0.1, 0.15) is 17.3 Å². The van der Waals surface area contributed by atoms with Gasteiger partial charge in [-0.25, -0.2) is 0 Å². The van der Waals surface area contributed by atoms with Crippen molar-refractivity contribution in [1.82, 2.24) is 5.32 Å². The smallest absolute Gasteiger partial charge is 0.253 e. The third kappa shape index (κ3) is 4.35. The molecule has 1 amide bonds. The maximum absolute atomic E-state index is 11.9. The highest BCUT2D eigenvalue weighted by Gasteiger charge is 2.11. The minimum absolute atomic E-state index is 0.174. The van der Waals surface area contributed by atoms with Crippen molar-refractivity contribution in [2.75, 3.05) is 32.1 Å². The minimum Gasteiger partial charge on any atom is -0.389 e. The first kappa shape index (κ1) is 14.5. The number of ether oxygens (including phenoxy) is 1. The van der Waals surface area contributed by atoms with Crippen LogP contribution in [0.5, 0.6) is 0 Å². The van der Waals surface area contributed by atoms with E-state index in [2.05, 4.69) is 10.6 Å². The summed E-state index contributed by atoms with van der Waals surface area (Å²) in [4.78, 5) is 11.9. The van der Waals surface area contributed by atoms with E-state index in [1.165, 1.54) is 7.11 Å². The van der Waals surface area contributed by atoms with Crippen LogP contribution in [0.25, 0.3) is 0 Å². The quantitative estimate of drug-likeness (QED) is 0.673. The van der Waals surface area contributed by atoms with Gasteiger partial charge in [0.25, 0.3) is 5.91 Å². The molecule has 3 N–H and O–H groups in total. The van der Waals surface area contributed by atoms with Crippen molar-refractivity contribution in [3.8, 4) is 0 Å². The number of benzene rings is 1. The monoisotopic (exact) mass is 252 g/mol. The molecule has 1 aromatic carbocycles. The van der Waals surface area contributed by atoms with Crippen LogP contribution in [0, 0.1) is 0 Å². The second-order valence-corrected chi connectivity index (χ2v) is 3.90. The summed E-state index contributed by atoms with van der Waals surface area (Å²) < 4.78 is 4.79. The second kappa shape index (κ2) is 7.68. The van der Waals surface area contributed by atoms with Crippen LogP contribution >= 0.6 is 0 Å². The van der Waals surface area contributed by atoms with E-state index in [0.717, 1.165) is 12.2 Å².